The number of carbonyl (C=O) groups is 1. The number of benzene rings is 2. The summed E-state index contributed by atoms with van der Waals surface area (Å²) in [4.78, 5) is 14.3. The lowest BCUT2D eigenvalue weighted by Gasteiger charge is -2.20. The Hall–Kier alpha value is -2.47. The van der Waals surface area contributed by atoms with Crippen LogP contribution in [0.3, 0.4) is 0 Å². The van der Waals surface area contributed by atoms with E-state index >= 15 is 0 Å². The van der Waals surface area contributed by atoms with E-state index in [2.05, 4.69) is 0 Å². The van der Waals surface area contributed by atoms with Crippen LogP contribution in [0.4, 0.5) is 4.39 Å². The van der Waals surface area contributed by atoms with Gasteiger partial charge in [-0.2, -0.15) is 0 Å². The van der Waals surface area contributed by atoms with Gasteiger partial charge in [0.2, 0.25) is 5.91 Å². The molecular weight excluding hydrogens is 365 g/mol. The summed E-state index contributed by atoms with van der Waals surface area (Å²) in [6.45, 7) is 2.12. The predicted octanol–water partition coefficient (Wildman–Crippen LogP) is 3.62. The average molecular weight is 387 g/mol. The summed E-state index contributed by atoms with van der Waals surface area (Å²) in [6.07, 6.45) is 1.98. The van der Waals surface area contributed by atoms with E-state index < -0.39 is 20.9 Å². The molecule has 0 spiro atoms. The molecule has 0 bridgehead atoms. The van der Waals surface area contributed by atoms with Crippen LogP contribution in [0, 0.1) is 5.82 Å². The van der Waals surface area contributed by atoms with Gasteiger partial charge in [-0.3, -0.25) is 4.79 Å². The first-order valence-corrected chi connectivity index (χ1v) is 10.6. The third-order valence-corrected chi connectivity index (χ3v) is 6.91. The van der Waals surface area contributed by atoms with Crippen LogP contribution in [0.1, 0.15) is 29.7 Å². The Morgan fingerprint density at radius 3 is 2.44 bits per heavy atom. The van der Waals surface area contributed by atoms with Crippen molar-refractivity contribution in [3.8, 4) is 0 Å². The van der Waals surface area contributed by atoms with E-state index in [-0.39, 0.29) is 36.7 Å². The van der Waals surface area contributed by atoms with Gasteiger partial charge in [-0.15, -0.1) is 0 Å². The quantitative estimate of drug-likeness (QED) is 0.756. The van der Waals surface area contributed by atoms with Crippen LogP contribution in [0.2, 0.25) is 0 Å². The molecule has 6 heteroatoms. The van der Waals surface area contributed by atoms with Crippen molar-refractivity contribution in [3.63, 3.8) is 0 Å². The van der Waals surface area contributed by atoms with Gasteiger partial charge in [-0.25, -0.2) is 12.8 Å². The van der Waals surface area contributed by atoms with Crippen molar-refractivity contribution in [1.29, 1.82) is 0 Å². The maximum atomic E-state index is 14.1. The molecule has 27 heavy (non-hydrogen) atoms. The van der Waals surface area contributed by atoms with E-state index in [0.29, 0.717) is 5.57 Å². The van der Waals surface area contributed by atoms with Crippen molar-refractivity contribution in [2.45, 2.75) is 18.6 Å². The average Bonchev–Trinajstić information content (AvgIpc) is 2.80. The molecule has 0 radical (unpaired) electrons. The monoisotopic (exact) mass is 387 g/mol. The van der Waals surface area contributed by atoms with Crippen molar-refractivity contribution in [2.75, 3.05) is 18.8 Å². The van der Waals surface area contributed by atoms with Gasteiger partial charge in [0.05, 0.1) is 11.0 Å². The number of amides is 1. The molecule has 1 amide bonds. The van der Waals surface area contributed by atoms with Crippen LogP contribution in [-0.2, 0) is 14.6 Å². The Kier molecular flexibility index (Phi) is 5.75. The van der Waals surface area contributed by atoms with Gasteiger partial charge >= 0.3 is 0 Å². The van der Waals surface area contributed by atoms with Crippen LogP contribution in [0.5, 0.6) is 0 Å². The summed E-state index contributed by atoms with van der Waals surface area (Å²) in [5, 5.41) is -0.921. The highest BCUT2D eigenvalue weighted by Crippen LogP contribution is 2.31. The largest absolute Gasteiger partial charge is 0.338 e. The lowest BCUT2D eigenvalue weighted by atomic mass is 10.1. The van der Waals surface area contributed by atoms with Crippen molar-refractivity contribution < 1.29 is 17.6 Å². The number of sulfone groups is 1. The molecule has 4 nitrogen and oxygen atoms in total. The molecule has 2 aromatic rings. The summed E-state index contributed by atoms with van der Waals surface area (Å²) < 4.78 is 39.5. The van der Waals surface area contributed by atoms with Gasteiger partial charge in [-0.1, -0.05) is 48.5 Å². The summed E-state index contributed by atoms with van der Waals surface area (Å²) in [5.74, 6) is -0.884. The third kappa shape index (κ3) is 4.45. The predicted molar refractivity (Wildman–Crippen MR) is 104 cm³/mol. The lowest BCUT2D eigenvalue weighted by molar-refractivity contribution is -0.126. The van der Waals surface area contributed by atoms with E-state index in [0.717, 1.165) is 5.56 Å². The summed E-state index contributed by atoms with van der Waals surface area (Å²) >= 11 is 0. The summed E-state index contributed by atoms with van der Waals surface area (Å²) in [6, 6.07) is 15.4. The minimum atomic E-state index is -3.54. The standard InChI is InChI=1S/C21H22FNO3S/c1-16(15-17-7-3-2-4-8-17)21(24)23-12-11-20(27(25,26)14-13-23)18-9-5-6-10-19(18)22/h2-10,15,20H,11-14H2,1H3/b16-15+/t20-/m0/s1. The minimum absolute atomic E-state index is 0.117. The van der Waals surface area contributed by atoms with Crippen LogP contribution >= 0.6 is 0 Å². The van der Waals surface area contributed by atoms with E-state index in [1.165, 1.54) is 18.2 Å². The second-order valence-corrected chi connectivity index (χ2v) is 9.00. The third-order valence-electron chi connectivity index (χ3n) is 4.80. The van der Waals surface area contributed by atoms with Crippen LogP contribution in [-0.4, -0.2) is 38.1 Å². The number of hydrogen-bond acceptors (Lipinski definition) is 3. The summed E-state index contributed by atoms with van der Waals surface area (Å²) in [7, 11) is -3.54. The molecule has 0 aromatic heterocycles. The first-order valence-electron chi connectivity index (χ1n) is 8.87. The molecule has 0 saturated carbocycles. The highest BCUT2D eigenvalue weighted by Gasteiger charge is 2.34. The normalized spacial score (nSPS) is 20.1. The van der Waals surface area contributed by atoms with Gasteiger partial charge < -0.3 is 4.90 Å². The first kappa shape index (κ1) is 19.3. The second kappa shape index (κ2) is 8.05. The molecular formula is C21H22FNO3S. The van der Waals surface area contributed by atoms with Gasteiger partial charge in [0.1, 0.15) is 5.82 Å². The molecule has 1 fully saturated rings. The molecule has 1 heterocycles. The second-order valence-electron chi connectivity index (χ2n) is 6.70. The Balaban J connectivity index is 1.80. The molecule has 0 unspecified atom stereocenters. The van der Waals surface area contributed by atoms with E-state index in [1.807, 2.05) is 30.3 Å². The zero-order valence-corrected chi connectivity index (χ0v) is 16.0. The number of carbonyl (C=O) groups excluding carboxylic acids is 1. The highest BCUT2D eigenvalue weighted by atomic mass is 32.2. The van der Waals surface area contributed by atoms with Crippen LogP contribution in [0.15, 0.2) is 60.2 Å². The van der Waals surface area contributed by atoms with E-state index in [9.17, 15) is 17.6 Å². The fourth-order valence-electron chi connectivity index (χ4n) is 3.34. The van der Waals surface area contributed by atoms with Crippen molar-refractivity contribution in [2.24, 2.45) is 0 Å². The SMILES string of the molecule is C/C(=C\c1ccccc1)C(=O)N1CC[C@@H](c2ccccc2F)S(=O)(=O)CC1. The molecule has 1 aliphatic rings. The van der Waals surface area contributed by atoms with Crippen molar-refractivity contribution in [1.82, 2.24) is 4.90 Å². The van der Waals surface area contributed by atoms with Crippen LogP contribution in [0.25, 0.3) is 6.08 Å². The fraction of sp³-hybridized carbons (Fsp3) is 0.286. The molecule has 1 atom stereocenters. The molecule has 0 N–H and O–H groups in total. The van der Waals surface area contributed by atoms with Gasteiger partial charge in [-0.05, 0) is 31.1 Å². The van der Waals surface area contributed by atoms with Crippen molar-refractivity contribution >= 4 is 21.8 Å². The molecule has 1 saturated heterocycles. The first-order chi connectivity index (χ1) is 12.9. The zero-order chi connectivity index (χ0) is 19.4. The Morgan fingerprint density at radius 2 is 1.74 bits per heavy atom. The number of nitrogens with zero attached hydrogens (tertiary/aromatic N) is 1. The summed E-state index contributed by atoms with van der Waals surface area (Å²) in [5.41, 5.74) is 1.64. The Morgan fingerprint density at radius 1 is 1.07 bits per heavy atom. The van der Waals surface area contributed by atoms with E-state index in [1.54, 1.807) is 24.0 Å². The molecule has 3 rings (SSSR count). The Bertz CT molecular complexity index is 954. The molecule has 2 aromatic carbocycles. The smallest absolute Gasteiger partial charge is 0.249 e. The van der Waals surface area contributed by atoms with Gasteiger partial charge in [0.15, 0.2) is 9.84 Å². The van der Waals surface area contributed by atoms with Crippen molar-refractivity contribution in [3.05, 3.63) is 77.1 Å². The zero-order valence-electron chi connectivity index (χ0n) is 15.1. The Labute approximate surface area is 159 Å². The maximum absolute atomic E-state index is 14.1. The highest BCUT2D eigenvalue weighted by molar-refractivity contribution is 7.91. The number of rotatable bonds is 3. The van der Waals surface area contributed by atoms with Gasteiger partial charge in [0.25, 0.3) is 0 Å². The molecule has 0 aliphatic carbocycles. The van der Waals surface area contributed by atoms with Crippen LogP contribution < -0.4 is 0 Å². The molecule has 1 aliphatic heterocycles. The van der Waals surface area contributed by atoms with Gasteiger partial charge in [0, 0.05) is 24.2 Å². The molecule has 142 valence electrons. The lowest BCUT2D eigenvalue weighted by Crippen LogP contribution is -2.34. The van der Waals surface area contributed by atoms with E-state index in [4.69, 9.17) is 0 Å². The number of halogens is 1. The fourth-order valence-corrected chi connectivity index (χ4v) is 5.14. The minimum Gasteiger partial charge on any atom is -0.338 e. The number of hydrogen-bond donors (Lipinski definition) is 0. The maximum Gasteiger partial charge on any atom is 0.249 e. The topological polar surface area (TPSA) is 54.5 Å².